The van der Waals surface area contributed by atoms with E-state index < -0.39 is 0 Å². The Morgan fingerprint density at radius 3 is 2.88 bits per heavy atom. The highest BCUT2D eigenvalue weighted by Gasteiger charge is 2.21. The predicted molar refractivity (Wildman–Crippen MR) is 66.2 cm³/mol. The fourth-order valence-electron chi connectivity index (χ4n) is 2.07. The zero-order valence-corrected chi connectivity index (χ0v) is 10.2. The first-order valence-electron chi connectivity index (χ1n) is 5.85. The van der Waals surface area contributed by atoms with Crippen LogP contribution in [-0.4, -0.2) is 42.1 Å². The van der Waals surface area contributed by atoms with Gasteiger partial charge in [0.05, 0.1) is 0 Å². The molecule has 1 amide bonds. The minimum absolute atomic E-state index is 0.111. The summed E-state index contributed by atoms with van der Waals surface area (Å²) in [5.74, 6) is 0.0572. The molecule has 0 saturated carbocycles. The average molecular weight is 234 g/mol. The van der Waals surface area contributed by atoms with Gasteiger partial charge in [0.1, 0.15) is 5.75 Å². The van der Waals surface area contributed by atoms with Crippen molar-refractivity contribution in [1.29, 1.82) is 0 Å². The minimum Gasteiger partial charge on any atom is -0.508 e. The highest BCUT2D eigenvalue weighted by molar-refractivity contribution is 5.94. The number of hydrogen-bond acceptors (Lipinski definition) is 3. The lowest BCUT2D eigenvalue weighted by Crippen LogP contribution is -2.36. The van der Waals surface area contributed by atoms with Crippen molar-refractivity contribution in [2.24, 2.45) is 0 Å². The summed E-state index contributed by atoms with van der Waals surface area (Å²) in [5, 5.41) is 12.5. The van der Waals surface area contributed by atoms with Gasteiger partial charge in [0.15, 0.2) is 0 Å². The number of carbonyl (C=O) groups excluding carboxylic acids is 1. The van der Waals surface area contributed by atoms with E-state index in [4.69, 9.17) is 0 Å². The molecule has 0 aliphatic carbocycles. The number of phenols is 1. The van der Waals surface area contributed by atoms with Crippen LogP contribution in [-0.2, 0) is 0 Å². The van der Waals surface area contributed by atoms with E-state index in [0.717, 1.165) is 25.1 Å². The van der Waals surface area contributed by atoms with E-state index in [1.54, 1.807) is 12.1 Å². The molecule has 1 unspecified atom stereocenters. The number of nitrogens with one attached hydrogen (secondary N) is 1. The molecule has 0 aromatic heterocycles. The van der Waals surface area contributed by atoms with Crippen molar-refractivity contribution in [2.75, 3.05) is 20.1 Å². The van der Waals surface area contributed by atoms with Crippen LogP contribution in [0.1, 0.15) is 22.3 Å². The molecule has 1 heterocycles. The third kappa shape index (κ3) is 2.77. The first kappa shape index (κ1) is 11.9. The van der Waals surface area contributed by atoms with Gasteiger partial charge in [0.25, 0.3) is 5.91 Å². The number of carbonyl (C=O) groups is 1. The second-order valence-corrected chi connectivity index (χ2v) is 4.72. The summed E-state index contributed by atoms with van der Waals surface area (Å²) in [6, 6.07) is 5.23. The van der Waals surface area contributed by atoms with Gasteiger partial charge in [0.2, 0.25) is 0 Å². The van der Waals surface area contributed by atoms with Crippen molar-refractivity contribution in [1.82, 2.24) is 10.2 Å². The monoisotopic (exact) mass is 234 g/mol. The summed E-state index contributed by atoms with van der Waals surface area (Å²) in [6.45, 7) is 3.72. The van der Waals surface area contributed by atoms with Crippen LogP contribution in [0.4, 0.5) is 0 Å². The number of nitrogens with zero attached hydrogens (tertiary/aromatic N) is 1. The number of phenolic OH excluding ortho intramolecular Hbond substituents is 1. The molecule has 4 nitrogen and oxygen atoms in total. The topological polar surface area (TPSA) is 52.6 Å². The fourth-order valence-corrected chi connectivity index (χ4v) is 2.07. The summed E-state index contributed by atoms with van der Waals surface area (Å²) in [7, 11) is 2.05. The number of rotatable bonds is 2. The predicted octanol–water partition coefficient (Wildman–Crippen LogP) is 1.13. The summed E-state index contributed by atoms with van der Waals surface area (Å²) < 4.78 is 0. The summed E-state index contributed by atoms with van der Waals surface area (Å²) in [6.07, 6.45) is 0.986. The van der Waals surface area contributed by atoms with E-state index >= 15 is 0 Å². The number of aromatic hydroxyl groups is 1. The number of hydrogen-bond donors (Lipinski definition) is 2. The Morgan fingerprint density at radius 2 is 2.29 bits per heavy atom. The van der Waals surface area contributed by atoms with Crippen LogP contribution in [0.15, 0.2) is 18.2 Å². The van der Waals surface area contributed by atoms with Gasteiger partial charge in [-0.25, -0.2) is 0 Å². The number of aryl methyl sites for hydroxylation is 1. The highest BCUT2D eigenvalue weighted by Crippen LogP contribution is 2.17. The van der Waals surface area contributed by atoms with Crippen molar-refractivity contribution in [3.8, 4) is 5.75 Å². The van der Waals surface area contributed by atoms with Gasteiger partial charge in [-0.1, -0.05) is 6.07 Å². The smallest absolute Gasteiger partial charge is 0.251 e. The summed E-state index contributed by atoms with van der Waals surface area (Å²) in [4.78, 5) is 14.1. The SMILES string of the molecule is Cc1ccc(C(=O)NC2CCN(C)C2)cc1O. The fraction of sp³-hybridized carbons (Fsp3) is 0.462. The van der Waals surface area contributed by atoms with Crippen LogP contribution in [0.5, 0.6) is 5.75 Å². The molecule has 2 N–H and O–H groups in total. The van der Waals surface area contributed by atoms with Gasteiger partial charge in [0, 0.05) is 18.2 Å². The van der Waals surface area contributed by atoms with Crippen LogP contribution < -0.4 is 5.32 Å². The van der Waals surface area contributed by atoms with Gasteiger partial charge in [-0.05, 0) is 44.6 Å². The van der Waals surface area contributed by atoms with E-state index in [2.05, 4.69) is 10.2 Å². The maximum Gasteiger partial charge on any atom is 0.251 e. The Morgan fingerprint density at radius 1 is 1.53 bits per heavy atom. The Kier molecular flexibility index (Phi) is 3.33. The van der Waals surface area contributed by atoms with Crippen LogP contribution in [0, 0.1) is 6.92 Å². The van der Waals surface area contributed by atoms with Crippen molar-refractivity contribution < 1.29 is 9.90 Å². The molecule has 0 spiro atoms. The van der Waals surface area contributed by atoms with Crippen LogP contribution in [0.2, 0.25) is 0 Å². The Hall–Kier alpha value is -1.55. The maximum atomic E-state index is 11.9. The molecular formula is C13H18N2O2. The van der Waals surface area contributed by atoms with Crippen molar-refractivity contribution >= 4 is 5.91 Å². The van der Waals surface area contributed by atoms with Gasteiger partial charge < -0.3 is 15.3 Å². The summed E-state index contributed by atoms with van der Waals surface area (Å²) in [5.41, 5.74) is 1.30. The van der Waals surface area contributed by atoms with Crippen LogP contribution in [0.3, 0.4) is 0 Å². The zero-order chi connectivity index (χ0) is 12.4. The molecular weight excluding hydrogens is 216 g/mol. The lowest BCUT2D eigenvalue weighted by atomic mass is 10.1. The maximum absolute atomic E-state index is 11.9. The molecule has 0 bridgehead atoms. The molecule has 1 aliphatic heterocycles. The zero-order valence-electron chi connectivity index (χ0n) is 10.2. The lowest BCUT2D eigenvalue weighted by Gasteiger charge is -2.13. The van der Waals surface area contributed by atoms with E-state index in [-0.39, 0.29) is 17.7 Å². The second-order valence-electron chi connectivity index (χ2n) is 4.72. The number of amides is 1. The van der Waals surface area contributed by atoms with Gasteiger partial charge in [-0.3, -0.25) is 4.79 Å². The number of likely N-dealkylation sites (tertiary alicyclic amines) is 1. The third-order valence-electron chi connectivity index (χ3n) is 3.20. The minimum atomic E-state index is -0.111. The molecule has 17 heavy (non-hydrogen) atoms. The van der Waals surface area contributed by atoms with Crippen molar-refractivity contribution in [3.05, 3.63) is 29.3 Å². The molecule has 1 atom stereocenters. The summed E-state index contributed by atoms with van der Waals surface area (Å²) >= 11 is 0. The van der Waals surface area contributed by atoms with Gasteiger partial charge in [-0.2, -0.15) is 0 Å². The van der Waals surface area contributed by atoms with E-state index in [1.165, 1.54) is 6.07 Å². The Labute approximate surface area is 101 Å². The molecule has 0 radical (unpaired) electrons. The molecule has 1 saturated heterocycles. The largest absolute Gasteiger partial charge is 0.508 e. The molecule has 1 fully saturated rings. The molecule has 1 aromatic carbocycles. The first-order chi connectivity index (χ1) is 8.06. The van der Waals surface area contributed by atoms with Crippen LogP contribution >= 0.6 is 0 Å². The van der Waals surface area contributed by atoms with E-state index in [0.29, 0.717) is 5.56 Å². The second kappa shape index (κ2) is 4.75. The lowest BCUT2D eigenvalue weighted by molar-refractivity contribution is 0.0938. The van der Waals surface area contributed by atoms with Gasteiger partial charge in [-0.15, -0.1) is 0 Å². The third-order valence-corrected chi connectivity index (χ3v) is 3.20. The number of likely N-dealkylation sites (N-methyl/N-ethyl adjacent to an activating group) is 1. The standard InChI is InChI=1S/C13H18N2O2/c1-9-3-4-10(7-12(9)16)13(17)14-11-5-6-15(2)8-11/h3-4,7,11,16H,5-6,8H2,1-2H3,(H,14,17). The van der Waals surface area contributed by atoms with Crippen molar-refractivity contribution in [3.63, 3.8) is 0 Å². The average Bonchev–Trinajstić information content (AvgIpc) is 2.68. The van der Waals surface area contributed by atoms with E-state index in [9.17, 15) is 9.90 Å². The highest BCUT2D eigenvalue weighted by atomic mass is 16.3. The molecule has 1 aliphatic rings. The van der Waals surface area contributed by atoms with Crippen LogP contribution in [0.25, 0.3) is 0 Å². The molecule has 1 aromatic rings. The first-order valence-corrected chi connectivity index (χ1v) is 5.85. The Bertz CT molecular complexity index is 431. The molecule has 2 rings (SSSR count). The quantitative estimate of drug-likeness (QED) is 0.806. The molecule has 92 valence electrons. The van der Waals surface area contributed by atoms with Gasteiger partial charge >= 0.3 is 0 Å². The van der Waals surface area contributed by atoms with E-state index in [1.807, 2.05) is 14.0 Å². The normalized spacial score (nSPS) is 20.5. The molecule has 4 heteroatoms. The van der Waals surface area contributed by atoms with Crippen molar-refractivity contribution in [2.45, 2.75) is 19.4 Å². The Balaban J connectivity index is 2.02. The number of benzene rings is 1.